The topological polar surface area (TPSA) is 40.6 Å². The van der Waals surface area contributed by atoms with Crippen molar-refractivity contribution in [2.75, 3.05) is 11.4 Å². The summed E-state index contributed by atoms with van der Waals surface area (Å²) in [6.45, 7) is 5.35. The molecule has 4 heteroatoms. The van der Waals surface area contributed by atoms with Crippen LogP contribution in [0.25, 0.3) is 0 Å². The molecule has 0 aliphatic carbocycles. The van der Waals surface area contributed by atoms with E-state index in [1.54, 1.807) is 4.90 Å². The highest BCUT2D eigenvalue weighted by Gasteiger charge is 2.24. The Morgan fingerprint density at radius 3 is 2.52 bits per heavy atom. The maximum atomic E-state index is 13.1. The Balaban J connectivity index is 1.83. The third-order valence-electron chi connectivity index (χ3n) is 4.56. The molecule has 0 atom stereocenters. The molecule has 25 heavy (non-hydrogen) atoms. The molecule has 0 unspecified atom stereocenters. The molecular formula is C21H24N2O2. The minimum absolute atomic E-state index is 0.00708. The minimum Gasteiger partial charge on any atom is -0.332 e. The van der Waals surface area contributed by atoms with Gasteiger partial charge in [0.1, 0.15) is 0 Å². The van der Waals surface area contributed by atoms with Crippen LogP contribution in [0.1, 0.15) is 42.6 Å². The van der Waals surface area contributed by atoms with Crippen molar-refractivity contribution in [3.05, 3.63) is 65.7 Å². The number of benzene rings is 2. The number of nitrogens with zero attached hydrogens (tertiary/aromatic N) is 2. The van der Waals surface area contributed by atoms with Crippen molar-refractivity contribution in [1.82, 2.24) is 4.90 Å². The predicted molar refractivity (Wildman–Crippen MR) is 99.5 cm³/mol. The molecule has 1 aliphatic rings. The molecule has 0 spiro atoms. The van der Waals surface area contributed by atoms with Gasteiger partial charge in [-0.1, -0.05) is 36.4 Å². The zero-order valence-electron chi connectivity index (χ0n) is 14.8. The first-order chi connectivity index (χ1) is 12.1. The number of anilines is 1. The summed E-state index contributed by atoms with van der Waals surface area (Å²) in [7, 11) is 0. The molecule has 0 bridgehead atoms. The van der Waals surface area contributed by atoms with Gasteiger partial charge >= 0.3 is 0 Å². The molecule has 130 valence electrons. The predicted octanol–water partition coefficient (Wildman–Crippen LogP) is 3.86. The normalized spacial score (nSPS) is 14.2. The second-order valence-corrected chi connectivity index (χ2v) is 6.71. The number of carbonyl (C=O) groups is 2. The molecule has 2 amide bonds. The average Bonchev–Trinajstić information content (AvgIpc) is 3.06. The molecule has 0 aromatic heterocycles. The van der Waals surface area contributed by atoms with E-state index in [0.717, 1.165) is 24.2 Å². The lowest BCUT2D eigenvalue weighted by Crippen LogP contribution is -2.36. The SMILES string of the molecule is CC(C)N(Cc1ccccc1)C(=O)c1cccc(N2CCCC2=O)c1. The van der Waals surface area contributed by atoms with Crippen molar-refractivity contribution in [1.29, 1.82) is 0 Å². The molecule has 0 N–H and O–H groups in total. The lowest BCUT2D eigenvalue weighted by Gasteiger charge is -2.27. The summed E-state index contributed by atoms with van der Waals surface area (Å²) >= 11 is 0. The van der Waals surface area contributed by atoms with Crippen LogP contribution in [0.3, 0.4) is 0 Å². The zero-order chi connectivity index (χ0) is 17.8. The Morgan fingerprint density at radius 1 is 1.12 bits per heavy atom. The quantitative estimate of drug-likeness (QED) is 0.832. The summed E-state index contributed by atoms with van der Waals surface area (Å²) < 4.78 is 0. The van der Waals surface area contributed by atoms with Gasteiger partial charge < -0.3 is 9.80 Å². The van der Waals surface area contributed by atoms with Gasteiger partial charge in [0.05, 0.1) is 0 Å². The second-order valence-electron chi connectivity index (χ2n) is 6.71. The van der Waals surface area contributed by atoms with Crippen molar-refractivity contribution in [2.24, 2.45) is 0 Å². The van der Waals surface area contributed by atoms with Crippen molar-refractivity contribution in [3.8, 4) is 0 Å². The molecule has 0 radical (unpaired) electrons. The van der Waals surface area contributed by atoms with Gasteiger partial charge in [-0.05, 0) is 44.0 Å². The van der Waals surface area contributed by atoms with Crippen molar-refractivity contribution < 1.29 is 9.59 Å². The highest BCUT2D eigenvalue weighted by Crippen LogP contribution is 2.23. The third-order valence-corrected chi connectivity index (χ3v) is 4.56. The van der Waals surface area contributed by atoms with E-state index in [1.807, 2.05) is 73.3 Å². The standard InChI is InChI=1S/C21H24N2O2/c1-16(2)23(15-17-8-4-3-5-9-17)21(25)18-10-6-11-19(14-18)22-13-7-12-20(22)24/h3-6,8-11,14,16H,7,12-13,15H2,1-2H3. The van der Waals surface area contributed by atoms with Gasteiger partial charge in [-0.15, -0.1) is 0 Å². The molecule has 1 heterocycles. The summed E-state index contributed by atoms with van der Waals surface area (Å²) in [5.74, 6) is 0.127. The van der Waals surface area contributed by atoms with Gasteiger partial charge in [0, 0.05) is 36.8 Å². The first-order valence-electron chi connectivity index (χ1n) is 8.81. The van der Waals surface area contributed by atoms with Gasteiger partial charge in [-0.25, -0.2) is 0 Å². The van der Waals surface area contributed by atoms with Crippen LogP contribution >= 0.6 is 0 Å². The van der Waals surface area contributed by atoms with E-state index in [1.165, 1.54) is 0 Å². The Hall–Kier alpha value is -2.62. The van der Waals surface area contributed by atoms with E-state index < -0.39 is 0 Å². The Kier molecular flexibility index (Phi) is 5.17. The molecule has 1 aliphatic heterocycles. The van der Waals surface area contributed by atoms with Gasteiger partial charge in [-0.2, -0.15) is 0 Å². The number of amides is 2. The smallest absolute Gasteiger partial charge is 0.254 e. The second kappa shape index (κ2) is 7.51. The fraction of sp³-hybridized carbons (Fsp3) is 0.333. The Labute approximate surface area is 149 Å². The highest BCUT2D eigenvalue weighted by molar-refractivity contribution is 5.99. The molecule has 1 fully saturated rings. The molecular weight excluding hydrogens is 312 g/mol. The molecule has 1 saturated heterocycles. The van der Waals surface area contributed by atoms with E-state index in [0.29, 0.717) is 18.5 Å². The maximum absolute atomic E-state index is 13.1. The van der Waals surface area contributed by atoms with Crippen molar-refractivity contribution in [2.45, 2.75) is 39.3 Å². The van der Waals surface area contributed by atoms with Crippen LogP contribution in [0, 0.1) is 0 Å². The van der Waals surface area contributed by atoms with Crippen LogP contribution in [0.4, 0.5) is 5.69 Å². The number of carbonyl (C=O) groups excluding carboxylic acids is 2. The summed E-state index contributed by atoms with van der Waals surface area (Å²) in [4.78, 5) is 28.7. The molecule has 3 rings (SSSR count). The van der Waals surface area contributed by atoms with Gasteiger partial charge in [0.2, 0.25) is 5.91 Å². The van der Waals surface area contributed by atoms with E-state index in [2.05, 4.69) is 0 Å². The third kappa shape index (κ3) is 3.90. The highest BCUT2D eigenvalue weighted by atomic mass is 16.2. The first kappa shape index (κ1) is 17.2. The van der Waals surface area contributed by atoms with Gasteiger partial charge in [0.15, 0.2) is 0 Å². The summed E-state index contributed by atoms with van der Waals surface area (Å²) in [5.41, 5.74) is 2.55. The fourth-order valence-corrected chi connectivity index (χ4v) is 3.16. The monoisotopic (exact) mass is 336 g/mol. The van der Waals surface area contributed by atoms with Crippen LogP contribution < -0.4 is 4.90 Å². The summed E-state index contributed by atoms with van der Waals surface area (Å²) in [6.07, 6.45) is 1.47. The average molecular weight is 336 g/mol. The first-order valence-corrected chi connectivity index (χ1v) is 8.81. The summed E-state index contributed by atoms with van der Waals surface area (Å²) in [6, 6.07) is 17.5. The van der Waals surface area contributed by atoms with Crippen molar-refractivity contribution >= 4 is 17.5 Å². The lowest BCUT2D eigenvalue weighted by molar-refractivity contribution is -0.117. The van der Waals surface area contributed by atoms with Crippen LogP contribution in [0.2, 0.25) is 0 Å². The molecule has 2 aromatic carbocycles. The lowest BCUT2D eigenvalue weighted by atomic mass is 10.1. The summed E-state index contributed by atoms with van der Waals surface area (Å²) in [5, 5.41) is 0. The molecule has 4 nitrogen and oxygen atoms in total. The number of rotatable bonds is 5. The molecule has 0 saturated carbocycles. The fourth-order valence-electron chi connectivity index (χ4n) is 3.16. The largest absolute Gasteiger partial charge is 0.332 e. The van der Waals surface area contributed by atoms with E-state index in [4.69, 9.17) is 0 Å². The van der Waals surface area contributed by atoms with E-state index >= 15 is 0 Å². The number of hydrogen-bond donors (Lipinski definition) is 0. The maximum Gasteiger partial charge on any atom is 0.254 e. The van der Waals surface area contributed by atoms with Crippen LogP contribution in [0.5, 0.6) is 0 Å². The van der Waals surface area contributed by atoms with E-state index in [-0.39, 0.29) is 17.9 Å². The minimum atomic E-state index is -0.00708. The van der Waals surface area contributed by atoms with Gasteiger partial charge in [-0.3, -0.25) is 9.59 Å². The Morgan fingerprint density at radius 2 is 1.88 bits per heavy atom. The number of hydrogen-bond acceptors (Lipinski definition) is 2. The van der Waals surface area contributed by atoms with Crippen LogP contribution in [-0.2, 0) is 11.3 Å². The van der Waals surface area contributed by atoms with E-state index in [9.17, 15) is 9.59 Å². The molecule has 2 aromatic rings. The van der Waals surface area contributed by atoms with Crippen LogP contribution in [0.15, 0.2) is 54.6 Å². The van der Waals surface area contributed by atoms with Crippen molar-refractivity contribution in [3.63, 3.8) is 0 Å². The zero-order valence-corrected chi connectivity index (χ0v) is 14.8. The van der Waals surface area contributed by atoms with Gasteiger partial charge in [0.25, 0.3) is 5.91 Å². The Bertz CT molecular complexity index is 756. The van der Waals surface area contributed by atoms with Crippen LogP contribution in [-0.4, -0.2) is 29.3 Å².